The molecule has 0 spiro atoms. The molecule has 5 rings (SSSR count). The van der Waals surface area contributed by atoms with E-state index in [2.05, 4.69) is 25.4 Å². The lowest BCUT2D eigenvalue weighted by molar-refractivity contribution is -0.143. The molecule has 1 aliphatic rings. The molecule has 0 saturated heterocycles. The van der Waals surface area contributed by atoms with Crippen molar-refractivity contribution in [2.45, 2.75) is 56.5 Å². The number of carbonyl (C=O) groups is 1. The van der Waals surface area contributed by atoms with Gasteiger partial charge in [-0.2, -0.15) is 26.3 Å². The van der Waals surface area contributed by atoms with Crippen LogP contribution < -0.4 is 10.1 Å². The van der Waals surface area contributed by atoms with Crippen LogP contribution in [-0.4, -0.2) is 35.7 Å². The summed E-state index contributed by atoms with van der Waals surface area (Å²) in [5.41, 5.74) is 14.8. The van der Waals surface area contributed by atoms with Gasteiger partial charge in [-0.15, -0.1) is 0 Å². The number of nitrogens with zero attached hydrogens (tertiary/aromatic N) is 7. The predicted molar refractivity (Wildman–Crippen MR) is 187 cm³/mol. The third-order valence-electron chi connectivity index (χ3n) is 8.65. The number of rotatable bonds is 15. The Bertz CT molecular complexity index is 2100. The van der Waals surface area contributed by atoms with E-state index in [9.17, 15) is 31.1 Å². The number of alkyl halides is 6. The standard InChI is InChI=1S/C37H32F6N8O4/c38-36(39,40)28-16-23(17-29(18-28)37(41,42)43)20-46-34(53)35(19-25-6-1-2-7-26(25)21-47-50-44)32(31-9-4-3-8-27(31)22-48-51-45)55-33(49-35)24-10-12-30(13-11-24)54-15-5-14-52/h1-4,6-13,16-18,32,52H,5,14-15,19-22H2,(H,46,53)/t32-,35-/m1/s1. The number of ether oxygens (including phenoxy) is 2. The molecule has 4 aromatic carbocycles. The summed E-state index contributed by atoms with van der Waals surface area (Å²) >= 11 is 0. The second-order valence-corrected chi connectivity index (χ2v) is 12.3. The summed E-state index contributed by atoms with van der Waals surface area (Å²) in [5.74, 6) is -0.492. The monoisotopic (exact) mass is 766 g/mol. The van der Waals surface area contributed by atoms with Gasteiger partial charge in [-0.25, -0.2) is 4.99 Å². The summed E-state index contributed by atoms with van der Waals surface area (Å²) in [6, 6.07) is 20.8. The first kappa shape index (κ1) is 40.0. The smallest absolute Gasteiger partial charge is 0.416 e. The fourth-order valence-corrected chi connectivity index (χ4v) is 6.04. The lowest BCUT2D eigenvalue weighted by atomic mass is 9.79. The van der Waals surface area contributed by atoms with E-state index in [4.69, 9.17) is 30.6 Å². The van der Waals surface area contributed by atoms with Crippen molar-refractivity contribution in [1.29, 1.82) is 0 Å². The van der Waals surface area contributed by atoms with E-state index < -0.39 is 53.1 Å². The molecule has 0 aromatic heterocycles. The van der Waals surface area contributed by atoms with Crippen LogP contribution in [-0.2, 0) is 47.9 Å². The van der Waals surface area contributed by atoms with Crippen molar-refractivity contribution < 1.29 is 45.7 Å². The maximum absolute atomic E-state index is 14.8. The fraction of sp³-hybridized carbons (Fsp3) is 0.297. The van der Waals surface area contributed by atoms with Gasteiger partial charge < -0.3 is 19.9 Å². The number of amides is 1. The van der Waals surface area contributed by atoms with Crippen LogP contribution in [0.15, 0.2) is 106 Å². The SMILES string of the molecule is [N-]=[N+]=NCc1ccccc1C[C@@]1(C(=O)NCc2cc(C(F)(F)F)cc(C(F)(F)F)c2)N=C(c2ccc(OCCCO)cc2)O[C@@H]1c1ccccc1CN=[N+]=[N-]. The summed E-state index contributed by atoms with van der Waals surface area (Å²) in [4.78, 5) is 25.3. The first-order valence-corrected chi connectivity index (χ1v) is 16.6. The Morgan fingerprint density at radius 2 is 1.44 bits per heavy atom. The zero-order valence-electron chi connectivity index (χ0n) is 28.8. The summed E-state index contributed by atoms with van der Waals surface area (Å²) in [5, 5.41) is 18.9. The minimum Gasteiger partial charge on any atom is -0.494 e. The van der Waals surface area contributed by atoms with Gasteiger partial charge >= 0.3 is 12.4 Å². The van der Waals surface area contributed by atoms with Crippen molar-refractivity contribution in [3.8, 4) is 5.75 Å². The van der Waals surface area contributed by atoms with E-state index in [1.54, 1.807) is 72.8 Å². The van der Waals surface area contributed by atoms with E-state index in [0.717, 1.165) is 0 Å². The van der Waals surface area contributed by atoms with Gasteiger partial charge in [0.15, 0.2) is 11.6 Å². The Morgan fingerprint density at radius 3 is 2.04 bits per heavy atom. The van der Waals surface area contributed by atoms with E-state index in [1.807, 2.05) is 0 Å². The number of aliphatic imine (C=N–C) groups is 1. The normalized spacial score (nSPS) is 16.6. The molecule has 0 bridgehead atoms. The van der Waals surface area contributed by atoms with Crippen LogP contribution in [0, 0.1) is 0 Å². The molecule has 1 aliphatic heterocycles. The number of aliphatic hydroxyl groups is 1. The van der Waals surface area contributed by atoms with Gasteiger partial charge in [0.05, 0.1) is 30.8 Å². The van der Waals surface area contributed by atoms with Crippen LogP contribution >= 0.6 is 0 Å². The summed E-state index contributed by atoms with van der Waals surface area (Å²) in [7, 11) is 0. The minimum atomic E-state index is -5.12. The van der Waals surface area contributed by atoms with Gasteiger partial charge in [-0.05, 0) is 81.3 Å². The molecular weight excluding hydrogens is 734 g/mol. The van der Waals surface area contributed by atoms with Crippen molar-refractivity contribution in [2.75, 3.05) is 13.2 Å². The van der Waals surface area contributed by atoms with Crippen LogP contribution in [0.2, 0.25) is 0 Å². The van der Waals surface area contributed by atoms with Crippen LogP contribution in [0.1, 0.15) is 57.0 Å². The van der Waals surface area contributed by atoms with E-state index in [-0.39, 0.29) is 44.7 Å². The molecule has 2 N–H and O–H groups in total. The van der Waals surface area contributed by atoms with Crippen molar-refractivity contribution in [2.24, 2.45) is 15.2 Å². The molecule has 12 nitrogen and oxygen atoms in total. The Balaban J connectivity index is 1.67. The van der Waals surface area contributed by atoms with Crippen molar-refractivity contribution in [1.82, 2.24) is 5.32 Å². The van der Waals surface area contributed by atoms with Gasteiger partial charge in [0, 0.05) is 41.4 Å². The number of nitrogens with one attached hydrogen (secondary N) is 1. The molecule has 286 valence electrons. The van der Waals surface area contributed by atoms with Gasteiger partial charge in [-0.3, -0.25) is 4.79 Å². The highest BCUT2D eigenvalue weighted by Crippen LogP contribution is 2.44. The summed E-state index contributed by atoms with van der Waals surface area (Å²) in [6.07, 6.45) is -11.4. The van der Waals surface area contributed by atoms with Crippen molar-refractivity contribution in [3.05, 3.63) is 156 Å². The maximum Gasteiger partial charge on any atom is 0.416 e. The molecule has 0 saturated carbocycles. The molecule has 55 heavy (non-hydrogen) atoms. The summed E-state index contributed by atoms with van der Waals surface area (Å²) < 4.78 is 94.4. The number of hydrogen-bond acceptors (Lipinski definition) is 7. The fourth-order valence-electron chi connectivity index (χ4n) is 6.04. The lowest BCUT2D eigenvalue weighted by Crippen LogP contribution is -2.50. The van der Waals surface area contributed by atoms with Gasteiger partial charge in [0.2, 0.25) is 5.90 Å². The second-order valence-electron chi connectivity index (χ2n) is 12.3. The highest BCUT2D eigenvalue weighted by Gasteiger charge is 2.54. The average Bonchev–Trinajstić information content (AvgIpc) is 3.55. The van der Waals surface area contributed by atoms with Crippen LogP contribution in [0.25, 0.3) is 20.9 Å². The van der Waals surface area contributed by atoms with E-state index in [0.29, 0.717) is 52.1 Å². The highest BCUT2D eigenvalue weighted by molar-refractivity contribution is 6.01. The zero-order chi connectivity index (χ0) is 39.6. The number of hydrogen-bond donors (Lipinski definition) is 2. The Kier molecular flexibility index (Phi) is 12.6. The molecule has 4 aromatic rings. The van der Waals surface area contributed by atoms with Crippen LogP contribution in [0.3, 0.4) is 0 Å². The molecule has 0 fully saturated rings. The topological polar surface area (TPSA) is 178 Å². The van der Waals surface area contributed by atoms with Crippen LogP contribution in [0.4, 0.5) is 26.3 Å². The second kappa shape index (κ2) is 17.3. The minimum absolute atomic E-state index is 0.00547. The molecule has 2 atom stereocenters. The van der Waals surface area contributed by atoms with Gasteiger partial charge in [0.1, 0.15) is 5.75 Å². The molecule has 18 heteroatoms. The molecule has 1 heterocycles. The largest absolute Gasteiger partial charge is 0.494 e. The number of aliphatic hydroxyl groups excluding tert-OH is 1. The molecular formula is C37H32F6N8O4. The van der Waals surface area contributed by atoms with E-state index >= 15 is 0 Å². The van der Waals surface area contributed by atoms with Crippen molar-refractivity contribution >= 4 is 11.8 Å². The third kappa shape index (κ3) is 9.67. The highest BCUT2D eigenvalue weighted by atomic mass is 19.4. The number of carbonyl (C=O) groups excluding carboxylic acids is 1. The quantitative estimate of drug-likeness (QED) is 0.0404. The number of benzene rings is 4. The first-order valence-electron chi connectivity index (χ1n) is 16.6. The Hall–Kier alpha value is -6.22. The Morgan fingerprint density at radius 1 is 0.855 bits per heavy atom. The number of halogens is 6. The van der Waals surface area contributed by atoms with Crippen molar-refractivity contribution in [3.63, 3.8) is 0 Å². The molecule has 1 amide bonds. The first-order chi connectivity index (χ1) is 26.3. The molecule has 0 aliphatic carbocycles. The maximum atomic E-state index is 14.8. The lowest BCUT2D eigenvalue weighted by Gasteiger charge is -2.32. The zero-order valence-corrected chi connectivity index (χ0v) is 28.8. The van der Waals surface area contributed by atoms with Crippen LogP contribution in [0.5, 0.6) is 5.75 Å². The average molecular weight is 767 g/mol. The van der Waals surface area contributed by atoms with Gasteiger partial charge in [0.25, 0.3) is 5.91 Å². The Labute approximate surface area is 309 Å². The van der Waals surface area contributed by atoms with E-state index in [1.165, 1.54) is 0 Å². The molecule has 0 radical (unpaired) electrons. The van der Waals surface area contributed by atoms with Gasteiger partial charge in [-0.1, -0.05) is 58.8 Å². The number of azide groups is 2. The predicted octanol–water partition coefficient (Wildman–Crippen LogP) is 8.92. The molecule has 0 unspecified atom stereocenters. The summed E-state index contributed by atoms with van der Waals surface area (Å²) in [6.45, 7) is -0.879. The third-order valence-corrected chi connectivity index (χ3v) is 8.65.